The maximum absolute atomic E-state index is 9.79. The van der Waals surface area contributed by atoms with E-state index in [1.807, 2.05) is 17.7 Å². The molecule has 0 unspecified atom stereocenters. The third-order valence-electron chi connectivity index (χ3n) is 1.27. The number of ether oxygens (including phenoxy) is 1. The van der Waals surface area contributed by atoms with Gasteiger partial charge in [-0.1, -0.05) is 0 Å². The highest BCUT2D eigenvalue weighted by Gasteiger charge is 1.97. The van der Waals surface area contributed by atoms with Gasteiger partial charge in [-0.05, 0) is 23.2 Å². The van der Waals surface area contributed by atoms with Crippen molar-refractivity contribution in [3.63, 3.8) is 0 Å². The molecule has 1 rings (SSSR count). The van der Waals surface area contributed by atoms with Crippen LogP contribution in [0.1, 0.15) is 11.1 Å². The van der Waals surface area contributed by atoms with E-state index >= 15 is 0 Å². The van der Waals surface area contributed by atoms with Crippen molar-refractivity contribution in [3.8, 4) is 0 Å². The average Bonchev–Trinajstić information content (AvgIpc) is 2.31. The Labute approximate surface area is 63.4 Å². The van der Waals surface area contributed by atoms with Crippen LogP contribution in [0.4, 0.5) is 0 Å². The van der Waals surface area contributed by atoms with Crippen LogP contribution in [-0.4, -0.2) is 6.47 Å². The van der Waals surface area contributed by atoms with Gasteiger partial charge in [-0.2, -0.15) is 11.3 Å². The fraction of sp³-hybridized carbons (Fsp3) is 0.286. The van der Waals surface area contributed by atoms with Crippen LogP contribution in [0.25, 0.3) is 0 Å². The Hall–Kier alpha value is -0.830. The van der Waals surface area contributed by atoms with Crippen LogP contribution in [-0.2, 0) is 16.1 Å². The maximum atomic E-state index is 9.79. The summed E-state index contributed by atoms with van der Waals surface area (Å²) in [6.45, 7) is 2.87. The molecule has 3 heteroatoms. The lowest BCUT2D eigenvalue weighted by atomic mass is 10.2. The van der Waals surface area contributed by atoms with E-state index in [0.717, 1.165) is 5.56 Å². The van der Waals surface area contributed by atoms with Crippen LogP contribution in [0.2, 0.25) is 0 Å². The first-order chi connectivity index (χ1) is 4.84. The second-order valence-electron chi connectivity index (χ2n) is 1.99. The van der Waals surface area contributed by atoms with E-state index in [4.69, 9.17) is 0 Å². The van der Waals surface area contributed by atoms with Gasteiger partial charge in [0, 0.05) is 5.56 Å². The molecular weight excluding hydrogens is 148 g/mol. The molecule has 10 heavy (non-hydrogen) atoms. The highest BCUT2D eigenvalue weighted by atomic mass is 32.1. The number of carbonyl (C=O) groups excluding carboxylic acids is 1. The minimum Gasteiger partial charge on any atom is -0.463 e. The Kier molecular flexibility index (Phi) is 2.45. The van der Waals surface area contributed by atoms with Gasteiger partial charge in [0.25, 0.3) is 6.47 Å². The summed E-state index contributed by atoms with van der Waals surface area (Å²) in [5, 5.41) is 4.02. The van der Waals surface area contributed by atoms with Crippen LogP contribution in [0.3, 0.4) is 0 Å². The summed E-state index contributed by atoms with van der Waals surface area (Å²) in [4.78, 5) is 9.79. The zero-order valence-electron chi connectivity index (χ0n) is 5.66. The van der Waals surface area contributed by atoms with Gasteiger partial charge in [-0.15, -0.1) is 0 Å². The van der Waals surface area contributed by atoms with Gasteiger partial charge in [-0.3, -0.25) is 4.79 Å². The largest absolute Gasteiger partial charge is 0.463 e. The molecule has 1 heterocycles. The molecule has 0 spiro atoms. The quantitative estimate of drug-likeness (QED) is 0.623. The molecule has 0 saturated heterocycles. The summed E-state index contributed by atoms with van der Waals surface area (Å²) in [5.41, 5.74) is 2.28. The molecular formula is C7H8O2S. The van der Waals surface area contributed by atoms with E-state index in [1.165, 1.54) is 5.56 Å². The second kappa shape index (κ2) is 3.37. The summed E-state index contributed by atoms with van der Waals surface area (Å²) in [6, 6.07) is 0. The van der Waals surface area contributed by atoms with E-state index < -0.39 is 0 Å². The molecule has 1 aromatic heterocycles. The highest BCUT2D eigenvalue weighted by molar-refractivity contribution is 7.08. The van der Waals surface area contributed by atoms with Crippen molar-refractivity contribution in [3.05, 3.63) is 21.9 Å². The monoisotopic (exact) mass is 156 g/mol. The van der Waals surface area contributed by atoms with Gasteiger partial charge in [0.15, 0.2) is 0 Å². The Balaban J connectivity index is 2.56. The van der Waals surface area contributed by atoms with E-state index in [2.05, 4.69) is 4.74 Å². The first kappa shape index (κ1) is 7.28. The standard InChI is InChI=1S/C7H8O2S/c1-6-3-10-4-7(6)2-9-5-8/h3-5H,2H2,1H3. The maximum Gasteiger partial charge on any atom is 0.293 e. The summed E-state index contributed by atoms with van der Waals surface area (Å²) < 4.78 is 4.58. The second-order valence-corrected chi connectivity index (χ2v) is 2.73. The summed E-state index contributed by atoms with van der Waals surface area (Å²) >= 11 is 1.62. The topological polar surface area (TPSA) is 26.3 Å². The van der Waals surface area contributed by atoms with Crippen LogP contribution in [0.15, 0.2) is 10.8 Å². The van der Waals surface area contributed by atoms with Crippen molar-refractivity contribution < 1.29 is 9.53 Å². The SMILES string of the molecule is Cc1cscc1COC=O. The molecule has 0 fully saturated rings. The van der Waals surface area contributed by atoms with E-state index in [1.54, 1.807) is 11.3 Å². The van der Waals surface area contributed by atoms with Gasteiger partial charge < -0.3 is 4.74 Å². The van der Waals surface area contributed by atoms with E-state index in [0.29, 0.717) is 13.1 Å². The molecule has 54 valence electrons. The minimum absolute atomic E-state index is 0.402. The van der Waals surface area contributed by atoms with E-state index in [-0.39, 0.29) is 0 Å². The first-order valence-corrected chi connectivity index (χ1v) is 3.86. The molecule has 0 atom stereocenters. The van der Waals surface area contributed by atoms with Gasteiger partial charge in [-0.25, -0.2) is 0 Å². The number of rotatable bonds is 3. The Morgan fingerprint density at radius 2 is 2.50 bits per heavy atom. The van der Waals surface area contributed by atoms with Gasteiger partial charge >= 0.3 is 0 Å². The lowest BCUT2D eigenvalue weighted by Gasteiger charge is -1.95. The molecule has 0 aliphatic rings. The molecule has 0 N–H and O–H groups in total. The zero-order valence-corrected chi connectivity index (χ0v) is 6.48. The Bertz CT molecular complexity index is 217. The average molecular weight is 156 g/mol. The molecule has 0 saturated carbocycles. The zero-order chi connectivity index (χ0) is 7.40. The molecule has 0 amide bonds. The first-order valence-electron chi connectivity index (χ1n) is 2.91. The fourth-order valence-corrected chi connectivity index (χ4v) is 1.50. The Morgan fingerprint density at radius 3 is 3.00 bits per heavy atom. The van der Waals surface area contributed by atoms with Crippen molar-refractivity contribution in [2.75, 3.05) is 0 Å². The molecule has 0 aliphatic carbocycles. The smallest absolute Gasteiger partial charge is 0.293 e. The summed E-state index contributed by atoms with van der Waals surface area (Å²) in [5.74, 6) is 0. The molecule has 0 aromatic carbocycles. The predicted molar refractivity (Wildman–Crippen MR) is 39.9 cm³/mol. The van der Waals surface area contributed by atoms with Gasteiger partial charge in [0.05, 0.1) is 0 Å². The van der Waals surface area contributed by atoms with Crippen LogP contribution in [0, 0.1) is 6.92 Å². The normalized spacial score (nSPS) is 9.30. The van der Waals surface area contributed by atoms with Crippen molar-refractivity contribution in [2.24, 2.45) is 0 Å². The lowest BCUT2D eigenvalue weighted by Crippen LogP contribution is -1.88. The Morgan fingerprint density at radius 1 is 1.70 bits per heavy atom. The van der Waals surface area contributed by atoms with Gasteiger partial charge in [0.1, 0.15) is 6.61 Å². The molecule has 0 bridgehead atoms. The van der Waals surface area contributed by atoms with Crippen molar-refractivity contribution in [1.29, 1.82) is 0 Å². The van der Waals surface area contributed by atoms with Crippen LogP contribution < -0.4 is 0 Å². The number of thiophene rings is 1. The lowest BCUT2D eigenvalue weighted by molar-refractivity contribution is -0.129. The minimum atomic E-state index is 0.402. The number of carbonyl (C=O) groups is 1. The van der Waals surface area contributed by atoms with Gasteiger partial charge in [0.2, 0.25) is 0 Å². The molecule has 0 radical (unpaired) electrons. The molecule has 0 aliphatic heterocycles. The van der Waals surface area contributed by atoms with E-state index in [9.17, 15) is 4.79 Å². The third-order valence-corrected chi connectivity index (χ3v) is 2.18. The highest BCUT2D eigenvalue weighted by Crippen LogP contribution is 2.13. The molecule has 1 aromatic rings. The van der Waals surface area contributed by atoms with Crippen molar-refractivity contribution in [1.82, 2.24) is 0 Å². The number of hydrogen-bond acceptors (Lipinski definition) is 3. The number of hydrogen-bond donors (Lipinski definition) is 0. The third kappa shape index (κ3) is 1.57. The fourth-order valence-electron chi connectivity index (χ4n) is 0.659. The van der Waals surface area contributed by atoms with Crippen LogP contribution >= 0.6 is 11.3 Å². The molecule has 2 nitrogen and oxygen atoms in total. The summed E-state index contributed by atoms with van der Waals surface area (Å²) in [6.07, 6.45) is 0. The van der Waals surface area contributed by atoms with Crippen LogP contribution in [0.5, 0.6) is 0 Å². The number of aryl methyl sites for hydroxylation is 1. The predicted octanol–water partition coefficient (Wildman–Crippen LogP) is 1.73. The summed E-state index contributed by atoms with van der Waals surface area (Å²) in [7, 11) is 0. The van der Waals surface area contributed by atoms with Crippen molar-refractivity contribution in [2.45, 2.75) is 13.5 Å². The van der Waals surface area contributed by atoms with Crippen molar-refractivity contribution >= 4 is 17.8 Å².